The Labute approximate surface area is 159 Å². The van der Waals surface area contributed by atoms with Crippen molar-refractivity contribution in [2.75, 3.05) is 0 Å². The molecule has 27 heavy (non-hydrogen) atoms. The van der Waals surface area contributed by atoms with Gasteiger partial charge in [0.15, 0.2) is 5.82 Å². The van der Waals surface area contributed by atoms with Crippen LogP contribution in [0.15, 0.2) is 53.5 Å². The fourth-order valence-electron chi connectivity index (χ4n) is 3.14. The van der Waals surface area contributed by atoms with Gasteiger partial charge >= 0.3 is 5.97 Å². The molecular formula is C20H16FN3O2S. The second-order valence-electron chi connectivity index (χ2n) is 6.27. The maximum Gasteiger partial charge on any atom is 0.335 e. The van der Waals surface area contributed by atoms with Crippen molar-refractivity contribution in [3.63, 3.8) is 0 Å². The molecule has 1 aliphatic heterocycles. The average Bonchev–Trinajstić information content (AvgIpc) is 2.98. The molecule has 7 heteroatoms. The Bertz CT molecular complexity index is 1060. The fourth-order valence-corrected chi connectivity index (χ4v) is 4.31. The van der Waals surface area contributed by atoms with E-state index in [1.165, 1.54) is 12.1 Å². The van der Waals surface area contributed by atoms with Gasteiger partial charge in [0.25, 0.3) is 0 Å². The molecular weight excluding hydrogens is 365 g/mol. The van der Waals surface area contributed by atoms with Crippen molar-refractivity contribution < 1.29 is 14.3 Å². The van der Waals surface area contributed by atoms with Crippen LogP contribution in [0.2, 0.25) is 0 Å². The SMILES string of the molecule is CC1=Nc2c(c(C)nn2-c2ccc(F)cc2)[C@H](c2ccc(C(=O)O)cc2)S1. The number of carboxylic acid groups (broad SMARTS) is 1. The number of hydrogen-bond donors (Lipinski definition) is 1. The molecule has 2 heterocycles. The van der Waals surface area contributed by atoms with Crippen molar-refractivity contribution in [3.8, 4) is 5.69 Å². The van der Waals surface area contributed by atoms with Gasteiger partial charge < -0.3 is 5.11 Å². The van der Waals surface area contributed by atoms with Crippen molar-refractivity contribution in [3.05, 3.63) is 76.7 Å². The van der Waals surface area contributed by atoms with Crippen LogP contribution in [-0.4, -0.2) is 25.9 Å². The third kappa shape index (κ3) is 3.14. The molecule has 3 aromatic rings. The number of aromatic carboxylic acids is 1. The number of thioether (sulfide) groups is 1. The minimum absolute atomic E-state index is 0.0328. The van der Waals surface area contributed by atoms with Gasteiger partial charge in [0.2, 0.25) is 0 Å². The Kier molecular flexibility index (Phi) is 4.31. The van der Waals surface area contributed by atoms with E-state index in [4.69, 9.17) is 5.11 Å². The highest BCUT2D eigenvalue weighted by Gasteiger charge is 2.30. The summed E-state index contributed by atoms with van der Waals surface area (Å²) in [6, 6.07) is 13.0. The predicted molar refractivity (Wildman–Crippen MR) is 104 cm³/mol. The highest BCUT2D eigenvalue weighted by molar-refractivity contribution is 8.14. The molecule has 5 nitrogen and oxygen atoms in total. The predicted octanol–water partition coefficient (Wildman–Crippen LogP) is 4.90. The first-order valence-corrected chi connectivity index (χ1v) is 9.22. The van der Waals surface area contributed by atoms with E-state index in [2.05, 4.69) is 10.1 Å². The molecule has 0 aliphatic carbocycles. The lowest BCUT2D eigenvalue weighted by Crippen LogP contribution is -2.07. The van der Waals surface area contributed by atoms with Gasteiger partial charge in [-0.15, -0.1) is 0 Å². The summed E-state index contributed by atoms with van der Waals surface area (Å²) in [7, 11) is 0. The quantitative estimate of drug-likeness (QED) is 0.700. The van der Waals surface area contributed by atoms with Crippen LogP contribution in [-0.2, 0) is 0 Å². The minimum Gasteiger partial charge on any atom is -0.478 e. The van der Waals surface area contributed by atoms with Crippen LogP contribution in [0.1, 0.15) is 39.4 Å². The van der Waals surface area contributed by atoms with Gasteiger partial charge in [-0.2, -0.15) is 5.10 Å². The van der Waals surface area contributed by atoms with Crippen molar-refractivity contribution in [2.24, 2.45) is 4.99 Å². The Balaban J connectivity index is 1.82. The van der Waals surface area contributed by atoms with Crippen LogP contribution < -0.4 is 0 Å². The number of rotatable bonds is 3. The third-order valence-electron chi connectivity index (χ3n) is 4.43. The van der Waals surface area contributed by atoms with Crippen molar-refractivity contribution >= 4 is 28.6 Å². The maximum atomic E-state index is 13.3. The largest absolute Gasteiger partial charge is 0.478 e. The standard InChI is InChI=1S/C20H16FN3O2S/c1-11-17-18(13-3-5-14(6-4-13)20(25)26)27-12(2)22-19(17)24(23-11)16-9-7-15(21)8-10-16/h3-10,18H,1-2H3,(H,25,26)/t18-/m0/s1. The summed E-state index contributed by atoms with van der Waals surface area (Å²) in [5.41, 5.74) is 3.80. The number of carbonyl (C=O) groups is 1. The van der Waals surface area contributed by atoms with Gasteiger partial charge in [-0.3, -0.25) is 0 Å². The smallest absolute Gasteiger partial charge is 0.335 e. The van der Waals surface area contributed by atoms with Crippen LogP contribution in [0.5, 0.6) is 0 Å². The molecule has 0 radical (unpaired) electrons. The van der Waals surface area contributed by atoms with Crippen LogP contribution in [0.3, 0.4) is 0 Å². The molecule has 0 fully saturated rings. The number of aliphatic imine (C=N–C) groups is 1. The minimum atomic E-state index is -0.948. The van der Waals surface area contributed by atoms with Gasteiger partial charge in [0.1, 0.15) is 5.82 Å². The Hall–Kier alpha value is -2.93. The summed E-state index contributed by atoms with van der Waals surface area (Å²) >= 11 is 1.61. The molecule has 0 saturated heterocycles. The van der Waals surface area contributed by atoms with Crippen molar-refractivity contribution in [1.29, 1.82) is 0 Å². The van der Waals surface area contributed by atoms with Crippen LogP contribution in [0.4, 0.5) is 10.2 Å². The number of nitrogens with zero attached hydrogens (tertiary/aromatic N) is 3. The van der Waals surface area contributed by atoms with Gasteiger partial charge in [-0.1, -0.05) is 23.9 Å². The van der Waals surface area contributed by atoms with Gasteiger partial charge in [0.05, 0.1) is 27.2 Å². The Morgan fingerprint density at radius 3 is 2.41 bits per heavy atom. The molecule has 1 N–H and O–H groups in total. The summed E-state index contributed by atoms with van der Waals surface area (Å²) in [4.78, 5) is 15.8. The molecule has 2 aromatic carbocycles. The number of fused-ring (bicyclic) bond motifs is 1. The molecule has 1 atom stereocenters. The van der Waals surface area contributed by atoms with Gasteiger partial charge in [-0.05, 0) is 55.8 Å². The van der Waals surface area contributed by atoms with E-state index in [9.17, 15) is 9.18 Å². The summed E-state index contributed by atoms with van der Waals surface area (Å²) in [6.45, 7) is 3.86. The van der Waals surface area contributed by atoms with E-state index in [0.29, 0.717) is 0 Å². The lowest BCUT2D eigenvalue weighted by Gasteiger charge is -2.22. The van der Waals surface area contributed by atoms with Crippen LogP contribution in [0.25, 0.3) is 5.69 Å². The van der Waals surface area contributed by atoms with E-state index in [1.807, 2.05) is 26.0 Å². The maximum absolute atomic E-state index is 13.3. The molecule has 0 spiro atoms. The van der Waals surface area contributed by atoms with Gasteiger partial charge in [0, 0.05) is 5.56 Å². The first kappa shape index (κ1) is 17.5. The number of hydrogen-bond acceptors (Lipinski definition) is 4. The van der Waals surface area contributed by atoms with E-state index >= 15 is 0 Å². The third-order valence-corrected chi connectivity index (χ3v) is 5.60. The second kappa shape index (κ2) is 6.66. The number of benzene rings is 2. The van der Waals surface area contributed by atoms with Crippen molar-refractivity contribution in [2.45, 2.75) is 19.1 Å². The Morgan fingerprint density at radius 1 is 1.11 bits per heavy atom. The lowest BCUT2D eigenvalue weighted by atomic mass is 10.0. The monoisotopic (exact) mass is 381 g/mol. The van der Waals surface area contributed by atoms with Gasteiger partial charge in [-0.25, -0.2) is 18.9 Å². The number of aryl methyl sites for hydroxylation is 1. The van der Waals surface area contributed by atoms with E-state index in [0.717, 1.165) is 33.4 Å². The average molecular weight is 381 g/mol. The molecule has 136 valence electrons. The molecule has 0 amide bonds. The molecule has 0 unspecified atom stereocenters. The normalized spacial score (nSPS) is 16.0. The lowest BCUT2D eigenvalue weighted by molar-refractivity contribution is 0.0697. The highest BCUT2D eigenvalue weighted by Crippen LogP contribution is 2.47. The molecule has 0 saturated carbocycles. The van der Waals surface area contributed by atoms with Crippen LogP contribution >= 0.6 is 11.8 Å². The molecule has 4 rings (SSSR count). The Morgan fingerprint density at radius 2 is 1.78 bits per heavy atom. The fraction of sp³-hybridized carbons (Fsp3) is 0.150. The van der Waals surface area contributed by atoms with Crippen molar-refractivity contribution in [1.82, 2.24) is 9.78 Å². The highest BCUT2D eigenvalue weighted by atomic mass is 32.2. The zero-order valence-electron chi connectivity index (χ0n) is 14.7. The zero-order valence-corrected chi connectivity index (χ0v) is 15.5. The molecule has 0 bridgehead atoms. The number of carboxylic acids is 1. The topological polar surface area (TPSA) is 67.5 Å². The number of halogens is 1. The molecule has 1 aliphatic rings. The summed E-state index contributed by atoms with van der Waals surface area (Å²) < 4.78 is 15.0. The summed E-state index contributed by atoms with van der Waals surface area (Å²) in [6.07, 6.45) is 0. The molecule has 1 aromatic heterocycles. The number of aromatic nitrogens is 2. The zero-order chi connectivity index (χ0) is 19.1. The first-order chi connectivity index (χ1) is 12.9. The summed E-state index contributed by atoms with van der Waals surface area (Å²) in [5, 5.41) is 14.6. The first-order valence-electron chi connectivity index (χ1n) is 8.34. The van der Waals surface area contributed by atoms with E-state index < -0.39 is 5.97 Å². The second-order valence-corrected chi connectivity index (χ2v) is 7.56. The van der Waals surface area contributed by atoms with Crippen LogP contribution in [0, 0.1) is 12.7 Å². The van der Waals surface area contributed by atoms with E-state index in [-0.39, 0.29) is 16.6 Å². The van der Waals surface area contributed by atoms with E-state index in [1.54, 1.807) is 40.7 Å². The summed E-state index contributed by atoms with van der Waals surface area (Å²) in [5.74, 6) is -0.526.